The number of methoxy groups -OCH3 is 1. The van der Waals surface area contributed by atoms with Gasteiger partial charge in [-0.3, -0.25) is 9.59 Å². The van der Waals surface area contributed by atoms with Crippen molar-refractivity contribution in [2.45, 2.75) is 13.8 Å². The van der Waals surface area contributed by atoms with E-state index in [4.69, 9.17) is 4.74 Å². The fraction of sp³-hybridized carbons (Fsp3) is 0.400. The topological polar surface area (TPSA) is 119 Å². The van der Waals surface area contributed by atoms with E-state index in [9.17, 15) is 14.7 Å². The summed E-state index contributed by atoms with van der Waals surface area (Å²) in [4.78, 5) is 23.6. The molecule has 0 spiro atoms. The summed E-state index contributed by atoms with van der Waals surface area (Å²) in [6.45, 7) is 3.55. The van der Waals surface area contributed by atoms with Crippen molar-refractivity contribution in [2.24, 2.45) is 17.3 Å². The van der Waals surface area contributed by atoms with Crippen LogP contribution in [0.5, 0.6) is 5.75 Å². The second kappa shape index (κ2) is 5.59. The normalized spacial score (nSPS) is 21.1. The van der Waals surface area contributed by atoms with Crippen LogP contribution in [0.1, 0.15) is 13.8 Å². The van der Waals surface area contributed by atoms with Gasteiger partial charge in [-0.25, -0.2) is 0 Å². The third kappa shape index (κ3) is 2.57. The summed E-state index contributed by atoms with van der Waals surface area (Å²) in [5.74, 6) is -2.01. The van der Waals surface area contributed by atoms with Gasteiger partial charge in [0.15, 0.2) is 0 Å². The van der Waals surface area contributed by atoms with E-state index in [0.29, 0.717) is 17.1 Å². The van der Waals surface area contributed by atoms with Crippen LogP contribution < -0.4 is 10.1 Å². The summed E-state index contributed by atoms with van der Waals surface area (Å²) in [5, 5.41) is 22.9. The summed E-state index contributed by atoms with van der Waals surface area (Å²) in [5.41, 5.74) is 0.586. The first-order valence-electron chi connectivity index (χ1n) is 7.31. The highest BCUT2D eigenvalue weighted by molar-refractivity contribution is 5.99. The molecule has 1 fully saturated rings. The van der Waals surface area contributed by atoms with Gasteiger partial charge in [-0.15, -0.1) is 5.10 Å². The van der Waals surface area contributed by atoms with E-state index < -0.39 is 23.2 Å². The molecular weight excluding hydrogens is 314 g/mol. The molecule has 3 rings (SSSR count). The van der Waals surface area contributed by atoms with Crippen molar-refractivity contribution in [1.82, 2.24) is 20.2 Å². The molecule has 1 aromatic heterocycles. The van der Waals surface area contributed by atoms with Gasteiger partial charge in [-0.1, -0.05) is 13.8 Å². The average molecular weight is 331 g/mol. The predicted molar refractivity (Wildman–Crippen MR) is 82.7 cm³/mol. The van der Waals surface area contributed by atoms with Gasteiger partial charge in [0.25, 0.3) is 0 Å². The Morgan fingerprint density at radius 1 is 1.33 bits per heavy atom. The smallest absolute Gasteiger partial charge is 0.307 e. The van der Waals surface area contributed by atoms with Crippen LogP contribution in [-0.4, -0.2) is 44.3 Å². The molecule has 1 saturated carbocycles. The van der Waals surface area contributed by atoms with Crippen molar-refractivity contribution in [1.29, 1.82) is 0 Å². The molecule has 24 heavy (non-hydrogen) atoms. The lowest BCUT2D eigenvalue weighted by Crippen LogP contribution is -2.17. The van der Waals surface area contributed by atoms with Gasteiger partial charge in [-0.05, 0) is 28.0 Å². The third-order valence-corrected chi connectivity index (χ3v) is 4.42. The minimum absolute atomic E-state index is 0.315. The van der Waals surface area contributed by atoms with Crippen molar-refractivity contribution in [3.05, 3.63) is 24.5 Å². The molecule has 1 heterocycles. The fourth-order valence-corrected chi connectivity index (χ4v) is 3.02. The number of nitrogens with one attached hydrogen (secondary N) is 1. The summed E-state index contributed by atoms with van der Waals surface area (Å²) in [7, 11) is 1.50. The Balaban J connectivity index is 1.79. The number of anilines is 1. The lowest BCUT2D eigenvalue weighted by atomic mass is 10.1. The Labute approximate surface area is 137 Å². The summed E-state index contributed by atoms with van der Waals surface area (Å²) >= 11 is 0. The molecular formula is C15H17N5O4. The van der Waals surface area contributed by atoms with E-state index in [-0.39, 0.29) is 5.91 Å². The quantitative estimate of drug-likeness (QED) is 0.837. The molecule has 9 nitrogen and oxygen atoms in total. The maximum Gasteiger partial charge on any atom is 0.307 e. The number of nitrogens with zero attached hydrogens (tertiary/aromatic N) is 4. The molecule has 1 amide bonds. The van der Waals surface area contributed by atoms with Gasteiger partial charge < -0.3 is 15.2 Å². The highest BCUT2D eigenvalue weighted by Gasteiger charge is 2.65. The molecule has 0 saturated heterocycles. The molecule has 1 aromatic carbocycles. The Morgan fingerprint density at radius 2 is 2.08 bits per heavy atom. The number of amides is 1. The molecule has 2 atom stereocenters. The summed E-state index contributed by atoms with van der Waals surface area (Å²) in [6.07, 6.45) is 1.43. The van der Waals surface area contributed by atoms with Crippen LogP contribution in [0.25, 0.3) is 5.69 Å². The van der Waals surface area contributed by atoms with Gasteiger partial charge in [0.05, 0.1) is 18.9 Å². The first-order valence-corrected chi connectivity index (χ1v) is 7.31. The fourth-order valence-electron chi connectivity index (χ4n) is 3.02. The largest absolute Gasteiger partial charge is 0.494 e. The maximum absolute atomic E-state index is 12.4. The SMILES string of the molecule is COc1cc(NC(=O)C2C(C(=O)O)C2(C)C)ccc1-n1cnnn1. The first-order chi connectivity index (χ1) is 11.4. The van der Waals surface area contributed by atoms with Crippen LogP contribution in [0.4, 0.5) is 5.69 Å². The van der Waals surface area contributed by atoms with Crippen molar-refractivity contribution in [3.8, 4) is 11.4 Å². The Hall–Kier alpha value is -2.97. The van der Waals surface area contributed by atoms with Crippen LogP contribution in [0.3, 0.4) is 0 Å². The summed E-state index contributed by atoms with van der Waals surface area (Å²) < 4.78 is 6.75. The zero-order valence-corrected chi connectivity index (χ0v) is 13.4. The van der Waals surface area contributed by atoms with Crippen LogP contribution in [0.2, 0.25) is 0 Å². The molecule has 2 N–H and O–H groups in total. The number of carboxylic acid groups (broad SMARTS) is 1. The summed E-state index contributed by atoms with van der Waals surface area (Å²) in [6, 6.07) is 5.03. The van der Waals surface area contributed by atoms with Gasteiger partial charge >= 0.3 is 5.97 Å². The first kappa shape index (κ1) is 15.9. The molecule has 126 valence electrons. The number of rotatable bonds is 5. The monoisotopic (exact) mass is 331 g/mol. The molecule has 1 aliphatic carbocycles. The number of tetrazole rings is 1. The van der Waals surface area contributed by atoms with Crippen LogP contribution >= 0.6 is 0 Å². The third-order valence-electron chi connectivity index (χ3n) is 4.42. The second-order valence-corrected chi connectivity index (χ2v) is 6.25. The number of benzene rings is 1. The number of carboxylic acids is 1. The zero-order valence-electron chi connectivity index (χ0n) is 13.4. The van der Waals surface area contributed by atoms with E-state index in [0.717, 1.165) is 0 Å². The molecule has 0 aliphatic heterocycles. The number of aromatic nitrogens is 4. The van der Waals surface area contributed by atoms with Gasteiger partial charge in [0, 0.05) is 11.8 Å². The second-order valence-electron chi connectivity index (χ2n) is 6.25. The van der Waals surface area contributed by atoms with Gasteiger partial charge in [-0.2, -0.15) is 4.68 Å². The van der Waals surface area contributed by atoms with E-state index >= 15 is 0 Å². The highest BCUT2D eigenvalue weighted by Crippen LogP contribution is 2.58. The van der Waals surface area contributed by atoms with E-state index in [1.807, 2.05) is 0 Å². The Bertz CT molecular complexity index is 787. The molecule has 9 heteroatoms. The maximum atomic E-state index is 12.4. The minimum Gasteiger partial charge on any atom is -0.494 e. The molecule has 0 radical (unpaired) electrons. The predicted octanol–water partition coefficient (Wildman–Crippen LogP) is 0.966. The minimum atomic E-state index is -0.952. The zero-order chi connectivity index (χ0) is 17.5. The van der Waals surface area contributed by atoms with Crippen LogP contribution in [0.15, 0.2) is 24.5 Å². The molecule has 2 aromatic rings. The Kier molecular flexibility index (Phi) is 3.70. The van der Waals surface area contributed by atoms with Gasteiger partial charge in [0.1, 0.15) is 17.8 Å². The number of aliphatic carboxylic acids is 1. The van der Waals surface area contributed by atoms with Gasteiger partial charge in [0.2, 0.25) is 5.91 Å². The highest BCUT2D eigenvalue weighted by atomic mass is 16.5. The molecule has 2 unspecified atom stereocenters. The number of carbonyl (C=O) groups excluding carboxylic acids is 1. The van der Waals surface area contributed by atoms with Crippen LogP contribution in [-0.2, 0) is 9.59 Å². The van der Waals surface area contributed by atoms with E-state index in [1.165, 1.54) is 18.1 Å². The van der Waals surface area contributed by atoms with E-state index in [1.54, 1.807) is 32.0 Å². The van der Waals surface area contributed by atoms with Crippen molar-refractivity contribution in [3.63, 3.8) is 0 Å². The lowest BCUT2D eigenvalue weighted by molar-refractivity contribution is -0.140. The standard InChI is InChI=1S/C15H17N5O4/c1-15(2)11(12(15)14(22)23)13(21)17-8-4-5-9(10(6-8)24-3)20-7-16-18-19-20/h4-7,11-12H,1-3H3,(H,17,21)(H,22,23). The lowest BCUT2D eigenvalue weighted by Gasteiger charge is -2.11. The van der Waals surface area contributed by atoms with Crippen molar-refractivity contribution >= 4 is 17.6 Å². The van der Waals surface area contributed by atoms with E-state index in [2.05, 4.69) is 20.8 Å². The van der Waals surface area contributed by atoms with Crippen LogP contribution in [0, 0.1) is 17.3 Å². The Morgan fingerprint density at radius 3 is 2.62 bits per heavy atom. The average Bonchev–Trinajstić information content (AvgIpc) is 2.89. The van der Waals surface area contributed by atoms with Crippen molar-refractivity contribution in [2.75, 3.05) is 12.4 Å². The molecule has 0 bridgehead atoms. The number of carbonyl (C=O) groups is 2. The number of ether oxygens (including phenoxy) is 1. The number of hydrogen-bond acceptors (Lipinski definition) is 6. The van der Waals surface area contributed by atoms with Crippen molar-refractivity contribution < 1.29 is 19.4 Å². The number of hydrogen-bond donors (Lipinski definition) is 2. The molecule has 1 aliphatic rings.